The molecule has 1 heterocycles. The van der Waals surface area contributed by atoms with E-state index in [4.69, 9.17) is 5.73 Å². The number of allylic oxidation sites excluding steroid dienone is 1. The summed E-state index contributed by atoms with van der Waals surface area (Å²) in [6.45, 7) is 3.35. The van der Waals surface area contributed by atoms with Crippen molar-refractivity contribution < 1.29 is 34.8 Å². The van der Waals surface area contributed by atoms with E-state index in [-0.39, 0.29) is 23.3 Å². The summed E-state index contributed by atoms with van der Waals surface area (Å²) in [6, 6.07) is 2.54. The van der Waals surface area contributed by atoms with Gasteiger partial charge in [0.25, 0.3) is 0 Å². The van der Waals surface area contributed by atoms with E-state index in [1.165, 1.54) is 19.4 Å². The molecule has 1 aromatic rings. The Bertz CT molecular complexity index is 1160. The van der Waals surface area contributed by atoms with Gasteiger partial charge in [0.2, 0.25) is 5.91 Å². The van der Waals surface area contributed by atoms with Crippen LogP contribution < -0.4 is 5.73 Å². The van der Waals surface area contributed by atoms with Gasteiger partial charge in [-0.2, -0.15) is 0 Å². The third kappa shape index (κ3) is 4.64. The van der Waals surface area contributed by atoms with E-state index < -0.39 is 59.2 Å². The second-order valence-corrected chi connectivity index (χ2v) is 11.2. The van der Waals surface area contributed by atoms with Crippen molar-refractivity contribution in [2.45, 2.75) is 57.2 Å². The summed E-state index contributed by atoms with van der Waals surface area (Å²) in [6.07, 6.45) is 3.81. The molecule has 6 N–H and O–H groups in total. The number of aromatic hydroxyl groups is 1. The van der Waals surface area contributed by atoms with Crippen molar-refractivity contribution in [2.24, 2.45) is 23.5 Å². The summed E-state index contributed by atoms with van der Waals surface area (Å²) in [4.78, 5) is 43.2. The van der Waals surface area contributed by atoms with E-state index in [0.29, 0.717) is 18.5 Å². The van der Waals surface area contributed by atoms with Gasteiger partial charge >= 0.3 is 0 Å². The summed E-state index contributed by atoms with van der Waals surface area (Å²) < 4.78 is 0. The number of aliphatic hydroxyl groups excluding tert-OH is 2. The molecule has 10 heteroatoms. The Kier molecular flexibility index (Phi) is 7.99. The molecule has 38 heavy (non-hydrogen) atoms. The molecule has 0 bridgehead atoms. The van der Waals surface area contributed by atoms with Gasteiger partial charge in [-0.05, 0) is 82.9 Å². The lowest BCUT2D eigenvalue weighted by molar-refractivity contribution is -0.155. The highest BCUT2D eigenvalue weighted by Gasteiger charge is 2.59. The highest BCUT2D eigenvalue weighted by molar-refractivity contribution is 6.15. The fourth-order valence-electron chi connectivity index (χ4n) is 6.54. The van der Waals surface area contributed by atoms with E-state index in [0.717, 1.165) is 31.5 Å². The van der Waals surface area contributed by atoms with E-state index in [1.807, 2.05) is 6.07 Å². The van der Waals surface area contributed by atoms with Crippen LogP contribution in [-0.2, 0) is 22.6 Å². The Hall–Kier alpha value is -2.79. The zero-order valence-electron chi connectivity index (χ0n) is 22.3. The average Bonchev–Trinajstić information content (AvgIpc) is 2.88. The lowest BCUT2D eigenvalue weighted by Gasteiger charge is -2.48. The van der Waals surface area contributed by atoms with Gasteiger partial charge < -0.3 is 31.1 Å². The fraction of sp³-hybridized carbons (Fsp3) is 0.607. The first-order chi connectivity index (χ1) is 17.9. The quantitative estimate of drug-likeness (QED) is 0.308. The molecule has 1 unspecified atom stereocenters. The smallest absolute Gasteiger partial charge is 0.227 e. The lowest BCUT2D eigenvalue weighted by Crippen LogP contribution is -2.62. The number of phenolic OH excluding ortho intramolecular Hbond substituents is 1. The van der Waals surface area contributed by atoms with E-state index in [9.17, 15) is 34.8 Å². The predicted octanol–water partition coefficient (Wildman–Crippen LogP) is 0.909. The van der Waals surface area contributed by atoms with Gasteiger partial charge in [0.05, 0.1) is 18.1 Å². The summed E-state index contributed by atoms with van der Waals surface area (Å²) in [5, 5.41) is 44.3. The Balaban J connectivity index is 1.85. The first-order valence-electron chi connectivity index (χ1n) is 13.3. The molecule has 1 amide bonds. The number of Topliss-reactive ketones (excluding diaryl/α,β-unsaturated/α-hetero) is 2. The number of hydrogen-bond acceptors (Lipinski definition) is 9. The van der Waals surface area contributed by atoms with Crippen molar-refractivity contribution >= 4 is 17.5 Å². The number of phenols is 1. The number of rotatable bonds is 8. The summed E-state index contributed by atoms with van der Waals surface area (Å²) in [7, 11) is 3.35. The molecule has 1 aliphatic heterocycles. The van der Waals surface area contributed by atoms with Crippen molar-refractivity contribution in [3.8, 4) is 5.75 Å². The monoisotopic (exact) mass is 529 g/mol. The second-order valence-electron chi connectivity index (χ2n) is 11.2. The minimum absolute atomic E-state index is 0.0693. The zero-order chi connectivity index (χ0) is 27.9. The molecule has 5 atom stereocenters. The number of nitrogens with two attached hydrogens (primary N) is 1. The molecule has 1 aromatic carbocycles. The summed E-state index contributed by atoms with van der Waals surface area (Å²) in [5.41, 5.74) is 4.31. The van der Waals surface area contributed by atoms with Crippen LogP contribution in [-0.4, -0.2) is 93.1 Å². The highest BCUT2D eigenvalue weighted by Crippen LogP contribution is 2.50. The Morgan fingerprint density at radius 3 is 2.42 bits per heavy atom. The van der Waals surface area contributed by atoms with Gasteiger partial charge in [0.1, 0.15) is 11.5 Å². The molecule has 10 nitrogen and oxygen atoms in total. The number of carbonyl (C=O) groups is 3. The fourth-order valence-corrected chi connectivity index (χ4v) is 6.54. The number of piperidine rings is 1. The molecule has 208 valence electrons. The van der Waals surface area contributed by atoms with Crippen LogP contribution >= 0.6 is 0 Å². The van der Waals surface area contributed by atoms with E-state index in [2.05, 4.69) is 4.90 Å². The molecule has 0 radical (unpaired) electrons. The van der Waals surface area contributed by atoms with E-state index >= 15 is 0 Å². The molecule has 1 fully saturated rings. The molecule has 1 saturated heterocycles. The molecule has 0 aromatic heterocycles. The number of primary amides is 1. The number of amides is 1. The number of benzene rings is 1. The molecule has 0 saturated carbocycles. The molecular formula is C28H39N3O7. The summed E-state index contributed by atoms with van der Waals surface area (Å²) in [5.74, 6) is -6.74. The standard InChI is InChI=1S/C28H39N3O7/c1-15(27(29)37)25(35)28(38)19(20(14-32)30(2)3)12-17-11-18-16(13-31-9-5-4-6-10-31)7-8-21(33)23(18)24(34)22(17)26(28)36/h7-8,15,17,19-20,32-33,36,38H,4-6,9-14H2,1-3H3,(H2,29,37)/t15?,17-,19-,20+,28+/m0/s1. The molecule has 4 rings (SSSR count). The SMILES string of the molecule is CC(C(N)=O)C(=O)[C@@]1(O)C(O)=C2C(=O)c3c(O)ccc(CN4CCCCC4)c3C[C@H]2C[C@H]1[C@@H](CO)N(C)C. The van der Waals surface area contributed by atoms with E-state index in [1.54, 1.807) is 19.0 Å². The van der Waals surface area contributed by atoms with Gasteiger partial charge in [-0.15, -0.1) is 0 Å². The number of fused-ring (bicyclic) bond motifs is 2. The number of ketones is 2. The Morgan fingerprint density at radius 1 is 1.18 bits per heavy atom. The number of likely N-dealkylation sites (N-methyl/N-ethyl adjacent to an activating group) is 1. The van der Waals surface area contributed by atoms with Crippen LogP contribution in [0.5, 0.6) is 5.75 Å². The minimum Gasteiger partial charge on any atom is -0.508 e. The number of hydrogen-bond donors (Lipinski definition) is 5. The average molecular weight is 530 g/mol. The van der Waals surface area contributed by atoms with Gasteiger partial charge in [-0.25, -0.2) is 0 Å². The van der Waals surface area contributed by atoms with Crippen molar-refractivity contribution in [1.29, 1.82) is 0 Å². The van der Waals surface area contributed by atoms with Crippen LogP contribution in [0.2, 0.25) is 0 Å². The van der Waals surface area contributed by atoms with Crippen LogP contribution in [0.1, 0.15) is 54.1 Å². The van der Waals surface area contributed by atoms with Crippen molar-refractivity contribution in [2.75, 3.05) is 33.8 Å². The predicted molar refractivity (Wildman–Crippen MR) is 139 cm³/mol. The maximum absolute atomic E-state index is 13.9. The second kappa shape index (κ2) is 10.8. The number of nitrogens with zero attached hydrogens (tertiary/aromatic N) is 2. The Labute approximate surface area is 222 Å². The first kappa shape index (κ1) is 28.2. The van der Waals surface area contributed by atoms with Gasteiger partial charge in [-0.1, -0.05) is 12.5 Å². The maximum Gasteiger partial charge on any atom is 0.227 e. The van der Waals surface area contributed by atoms with Gasteiger partial charge in [0, 0.05) is 24.1 Å². The zero-order valence-corrected chi connectivity index (χ0v) is 22.3. The Morgan fingerprint density at radius 2 is 1.84 bits per heavy atom. The number of likely N-dealkylation sites (tertiary alicyclic amines) is 1. The molecule has 0 spiro atoms. The number of carbonyl (C=O) groups excluding carboxylic acids is 3. The minimum atomic E-state index is -2.62. The normalized spacial score (nSPS) is 27.6. The van der Waals surface area contributed by atoms with Gasteiger partial charge in [0.15, 0.2) is 17.2 Å². The van der Waals surface area contributed by atoms with Crippen LogP contribution in [0.4, 0.5) is 0 Å². The first-order valence-corrected chi connectivity index (χ1v) is 13.3. The van der Waals surface area contributed by atoms with Crippen LogP contribution in [0.15, 0.2) is 23.5 Å². The van der Waals surface area contributed by atoms with Gasteiger partial charge in [-0.3, -0.25) is 19.3 Å². The highest BCUT2D eigenvalue weighted by atomic mass is 16.3. The maximum atomic E-state index is 13.9. The largest absolute Gasteiger partial charge is 0.508 e. The van der Waals surface area contributed by atoms with Crippen molar-refractivity contribution in [1.82, 2.24) is 9.80 Å². The molecular weight excluding hydrogens is 490 g/mol. The summed E-state index contributed by atoms with van der Waals surface area (Å²) >= 11 is 0. The van der Waals surface area contributed by atoms with Crippen LogP contribution in [0.3, 0.4) is 0 Å². The van der Waals surface area contributed by atoms with Crippen molar-refractivity contribution in [3.05, 3.63) is 40.2 Å². The molecule has 2 aliphatic carbocycles. The third-order valence-corrected chi connectivity index (χ3v) is 8.76. The third-order valence-electron chi connectivity index (χ3n) is 8.76. The molecule has 3 aliphatic rings. The lowest BCUT2D eigenvalue weighted by atomic mass is 9.60. The van der Waals surface area contributed by atoms with Crippen LogP contribution in [0, 0.1) is 17.8 Å². The topological polar surface area (TPSA) is 165 Å². The number of aliphatic hydroxyl groups is 3. The van der Waals surface area contributed by atoms with Crippen molar-refractivity contribution in [3.63, 3.8) is 0 Å². The van der Waals surface area contributed by atoms with Crippen LogP contribution in [0.25, 0.3) is 0 Å².